The number of thiazole rings is 1. The number of rotatable bonds is 4. The number of hydrogen-bond donors (Lipinski definition) is 2. The van der Waals surface area contributed by atoms with Crippen molar-refractivity contribution in [1.82, 2.24) is 4.98 Å². The Labute approximate surface area is 117 Å². The van der Waals surface area contributed by atoms with Gasteiger partial charge in [0.15, 0.2) is 0 Å². The Kier molecular flexibility index (Phi) is 3.85. The fraction of sp³-hybridized carbons (Fsp3) is 0.286. The fourth-order valence-corrected chi connectivity index (χ4v) is 2.61. The third-order valence-electron chi connectivity index (χ3n) is 2.92. The maximum absolute atomic E-state index is 7.69. The van der Waals surface area contributed by atoms with Crippen molar-refractivity contribution in [3.8, 4) is 0 Å². The number of anilines is 1. The predicted molar refractivity (Wildman–Crippen MR) is 81.2 cm³/mol. The first-order chi connectivity index (χ1) is 8.97. The van der Waals surface area contributed by atoms with Crippen molar-refractivity contribution in [1.29, 1.82) is 5.41 Å². The zero-order chi connectivity index (χ0) is 14.0. The molecule has 0 spiro atoms. The Morgan fingerprint density at radius 1 is 1.42 bits per heavy atom. The molecule has 0 aliphatic carbocycles. The highest BCUT2D eigenvalue weighted by atomic mass is 32.1. The molecular weight excluding hydrogens is 256 g/mol. The lowest BCUT2D eigenvalue weighted by Gasteiger charge is -2.21. The van der Waals surface area contributed by atoms with E-state index in [-0.39, 0.29) is 5.84 Å². The van der Waals surface area contributed by atoms with Gasteiger partial charge in [-0.05, 0) is 26.0 Å². The van der Waals surface area contributed by atoms with Crippen LogP contribution in [0.3, 0.4) is 0 Å². The molecule has 1 heterocycles. The molecule has 2 rings (SSSR count). The molecule has 1 aromatic carbocycles. The lowest BCUT2D eigenvalue weighted by Crippen LogP contribution is -2.22. The van der Waals surface area contributed by atoms with Crippen LogP contribution < -0.4 is 10.6 Å². The van der Waals surface area contributed by atoms with Crippen molar-refractivity contribution < 1.29 is 0 Å². The number of aromatic nitrogens is 1. The summed E-state index contributed by atoms with van der Waals surface area (Å²) in [6.45, 7) is 4.72. The second-order valence-electron chi connectivity index (χ2n) is 4.65. The molecule has 4 nitrogen and oxygen atoms in total. The number of aryl methyl sites for hydroxylation is 2. The zero-order valence-electron chi connectivity index (χ0n) is 11.4. The van der Waals surface area contributed by atoms with Crippen molar-refractivity contribution in [2.24, 2.45) is 5.73 Å². The molecule has 1 aromatic heterocycles. The number of nitrogens with zero attached hydrogens (tertiary/aromatic N) is 2. The quantitative estimate of drug-likeness (QED) is 0.665. The van der Waals surface area contributed by atoms with Crippen LogP contribution in [0, 0.1) is 19.3 Å². The summed E-state index contributed by atoms with van der Waals surface area (Å²) < 4.78 is 0. The maximum Gasteiger partial charge on any atom is 0.124 e. The van der Waals surface area contributed by atoms with Crippen LogP contribution in [-0.2, 0) is 6.54 Å². The summed E-state index contributed by atoms with van der Waals surface area (Å²) in [6.07, 6.45) is 0. The van der Waals surface area contributed by atoms with Crippen LogP contribution in [0.15, 0.2) is 23.6 Å². The molecule has 19 heavy (non-hydrogen) atoms. The van der Waals surface area contributed by atoms with Gasteiger partial charge in [0.25, 0.3) is 0 Å². The van der Waals surface area contributed by atoms with Crippen LogP contribution in [0.25, 0.3) is 0 Å². The van der Waals surface area contributed by atoms with Crippen molar-refractivity contribution in [3.05, 3.63) is 45.4 Å². The van der Waals surface area contributed by atoms with E-state index < -0.39 is 0 Å². The first-order valence-electron chi connectivity index (χ1n) is 6.04. The van der Waals surface area contributed by atoms with E-state index in [4.69, 9.17) is 11.1 Å². The van der Waals surface area contributed by atoms with E-state index in [2.05, 4.69) is 15.3 Å². The lowest BCUT2D eigenvalue weighted by molar-refractivity contribution is 0.888. The number of benzene rings is 1. The van der Waals surface area contributed by atoms with Gasteiger partial charge >= 0.3 is 0 Å². The van der Waals surface area contributed by atoms with Crippen LogP contribution >= 0.6 is 11.3 Å². The molecule has 0 saturated heterocycles. The van der Waals surface area contributed by atoms with Crippen molar-refractivity contribution in [2.45, 2.75) is 20.4 Å². The van der Waals surface area contributed by atoms with Crippen molar-refractivity contribution >= 4 is 22.9 Å². The molecule has 0 bridgehead atoms. The number of nitrogens with two attached hydrogens (primary N) is 1. The number of nitrogen functional groups attached to an aromatic ring is 1. The lowest BCUT2D eigenvalue weighted by atomic mass is 10.1. The summed E-state index contributed by atoms with van der Waals surface area (Å²) in [5, 5.41) is 10.8. The molecule has 2 aromatic rings. The highest BCUT2D eigenvalue weighted by molar-refractivity contribution is 7.09. The number of amidine groups is 1. The highest BCUT2D eigenvalue weighted by Crippen LogP contribution is 2.22. The predicted octanol–water partition coefficient (Wildman–Crippen LogP) is 2.68. The summed E-state index contributed by atoms with van der Waals surface area (Å²) >= 11 is 1.65. The van der Waals surface area contributed by atoms with E-state index in [0.717, 1.165) is 27.5 Å². The minimum Gasteiger partial charge on any atom is -0.384 e. The van der Waals surface area contributed by atoms with Crippen LogP contribution in [0.5, 0.6) is 0 Å². The Hall–Kier alpha value is -1.88. The van der Waals surface area contributed by atoms with Gasteiger partial charge in [0.1, 0.15) is 5.84 Å². The van der Waals surface area contributed by atoms with Gasteiger partial charge in [-0.25, -0.2) is 4.98 Å². The third-order valence-corrected chi connectivity index (χ3v) is 3.74. The number of hydrogen-bond acceptors (Lipinski definition) is 4. The molecule has 0 aliphatic heterocycles. The smallest absolute Gasteiger partial charge is 0.124 e. The van der Waals surface area contributed by atoms with Crippen LogP contribution in [0.4, 0.5) is 5.69 Å². The van der Waals surface area contributed by atoms with Gasteiger partial charge in [-0.15, -0.1) is 11.3 Å². The Morgan fingerprint density at radius 2 is 2.16 bits per heavy atom. The van der Waals surface area contributed by atoms with E-state index in [0.29, 0.717) is 6.54 Å². The van der Waals surface area contributed by atoms with Crippen LogP contribution in [0.1, 0.15) is 21.8 Å². The van der Waals surface area contributed by atoms with Crippen molar-refractivity contribution in [3.63, 3.8) is 0 Å². The SMILES string of the molecule is Cc1ccc(N(C)Cc2csc(C)n2)c(C(=N)N)c1. The molecule has 0 radical (unpaired) electrons. The summed E-state index contributed by atoms with van der Waals surface area (Å²) in [5.41, 5.74) is 9.54. The molecular formula is C14H18N4S. The minimum atomic E-state index is 0.0972. The molecule has 0 atom stereocenters. The van der Waals surface area contributed by atoms with Gasteiger partial charge in [0.2, 0.25) is 0 Å². The third kappa shape index (κ3) is 3.12. The van der Waals surface area contributed by atoms with Gasteiger partial charge in [0, 0.05) is 23.7 Å². The average Bonchev–Trinajstić information content (AvgIpc) is 2.74. The Balaban J connectivity index is 2.28. The molecule has 100 valence electrons. The van der Waals surface area contributed by atoms with Gasteiger partial charge in [-0.3, -0.25) is 5.41 Å². The standard InChI is InChI=1S/C14H18N4S/c1-9-4-5-13(12(6-9)14(15)16)18(3)7-11-8-19-10(2)17-11/h4-6,8H,7H2,1-3H3,(H3,15,16). The van der Waals surface area contributed by atoms with Crippen molar-refractivity contribution in [2.75, 3.05) is 11.9 Å². The molecule has 0 unspecified atom stereocenters. The molecule has 0 saturated carbocycles. The van der Waals surface area contributed by atoms with Gasteiger partial charge in [-0.1, -0.05) is 11.6 Å². The first-order valence-corrected chi connectivity index (χ1v) is 6.92. The van der Waals surface area contributed by atoms with Crippen LogP contribution in [-0.4, -0.2) is 17.9 Å². The maximum atomic E-state index is 7.69. The Bertz CT molecular complexity index is 603. The van der Waals surface area contributed by atoms with E-state index in [9.17, 15) is 0 Å². The molecule has 3 N–H and O–H groups in total. The normalized spacial score (nSPS) is 10.5. The van der Waals surface area contributed by atoms with Gasteiger partial charge in [0.05, 0.1) is 17.2 Å². The van der Waals surface area contributed by atoms with Gasteiger partial charge < -0.3 is 10.6 Å². The van der Waals surface area contributed by atoms with E-state index >= 15 is 0 Å². The molecule has 0 fully saturated rings. The Morgan fingerprint density at radius 3 is 2.74 bits per heavy atom. The summed E-state index contributed by atoms with van der Waals surface area (Å²) in [6, 6.07) is 5.98. The fourth-order valence-electron chi connectivity index (χ4n) is 2.01. The van der Waals surface area contributed by atoms with E-state index in [1.807, 2.05) is 39.1 Å². The van der Waals surface area contributed by atoms with E-state index in [1.165, 1.54) is 0 Å². The van der Waals surface area contributed by atoms with E-state index in [1.54, 1.807) is 11.3 Å². The second-order valence-corrected chi connectivity index (χ2v) is 5.71. The first kappa shape index (κ1) is 13.5. The molecule has 0 aliphatic rings. The molecule has 0 amide bonds. The number of nitrogens with one attached hydrogen (secondary N) is 1. The monoisotopic (exact) mass is 274 g/mol. The summed E-state index contributed by atoms with van der Waals surface area (Å²) in [4.78, 5) is 6.53. The average molecular weight is 274 g/mol. The van der Waals surface area contributed by atoms with Gasteiger partial charge in [-0.2, -0.15) is 0 Å². The largest absolute Gasteiger partial charge is 0.384 e. The zero-order valence-corrected chi connectivity index (χ0v) is 12.2. The topological polar surface area (TPSA) is 66.0 Å². The highest BCUT2D eigenvalue weighted by Gasteiger charge is 2.11. The molecule has 5 heteroatoms. The van der Waals surface area contributed by atoms with Crippen LogP contribution in [0.2, 0.25) is 0 Å². The second kappa shape index (κ2) is 5.40. The summed E-state index contributed by atoms with van der Waals surface area (Å²) in [7, 11) is 1.99. The summed E-state index contributed by atoms with van der Waals surface area (Å²) in [5.74, 6) is 0.0972. The minimum absolute atomic E-state index is 0.0972.